The standard InChI is InChI=1S/C17H23N/c1-10-8-16(14(5)13(4)12(10)3)17-9-11(2)18(7)15(17)6/h8-9H,1-7H3. The van der Waals surface area contributed by atoms with Crippen molar-refractivity contribution in [3.63, 3.8) is 0 Å². The number of hydrogen-bond donors (Lipinski definition) is 0. The van der Waals surface area contributed by atoms with Gasteiger partial charge in [-0.15, -0.1) is 0 Å². The van der Waals surface area contributed by atoms with Crippen LogP contribution >= 0.6 is 0 Å². The lowest BCUT2D eigenvalue weighted by molar-refractivity contribution is 0.845. The Morgan fingerprint density at radius 3 is 1.83 bits per heavy atom. The van der Waals surface area contributed by atoms with Crippen LogP contribution in [0.2, 0.25) is 0 Å². The van der Waals surface area contributed by atoms with Gasteiger partial charge >= 0.3 is 0 Å². The fourth-order valence-electron chi connectivity index (χ4n) is 2.62. The summed E-state index contributed by atoms with van der Waals surface area (Å²) < 4.78 is 2.26. The first-order valence-corrected chi connectivity index (χ1v) is 6.55. The summed E-state index contributed by atoms with van der Waals surface area (Å²) in [6, 6.07) is 4.63. The Morgan fingerprint density at radius 1 is 0.722 bits per heavy atom. The van der Waals surface area contributed by atoms with Gasteiger partial charge in [-0.25, -0.2) is 0 Å². The van der Waals surface area contributed by atoms with E-state index in [1.807, 2.05) is 0 Å². The summed E-state index contributed by atoms with van der Waals surface area (Å²) in [7, 11) is 2.14. The van der Waals surface area contributed by atoms with E-state index >= 15 is 0 Å². The van der Waals surface area contributed by atoms with Gasteiger partial charge in [0.1, 0.15) is 0 Å². The van der Waals surface area contributed by atoms with Gasteiger partial charge in [-0.1, -0.05) is 6.07 Å². The molecule has 0 saturated carbocycles. The molecule has 1 aromatic carbocycles. The van der Waals surface area contributed by atoms with Crippen molar-refractivity contribution in [2.45, 2.75) is 41.5 Å². The van der Waals surface area contributed by atoms with Crippen molar-refractivity contribution >= 4 is 0 Å². The molecule has 0 fully saturated rings. The fourth-order valence-corrected chi connectivity index (χ4v) is 2.62. The third-order valence-electron chi connectivity index (χ3n) is 4.55. The smallest absolute Gasteiger partial charge is 0.0221 e. The molecule has 1 aromatic heterocycles. The van der Waals surface area contributed by atoms with Crippen LogP contribution in [0, 0.1) is 41.5 Å². The van der Waals surface area contributed by atoms with Gasteiger partial charge in [0, 0.05) is 24.0 Å². The lowest BCUT2D eigenvalue weighted by atomic mass is 9.91. The van der Waals surface area contributed by atoms with E-state index in [0.717, 1.165) is 0 Å². The normalized spacial score (nSPS) is 11.1. The summed E-state index contributed by atoms with van der Waals surface area (Å²) in [5.74, 6) is 0. The monoisotopic (exact) mass is 241 g/mol. The van der Waals surface area contributed by atoms with E-state index in [9.17, 15) is 0 Å². The van der Waals surface area contributed by atoms with Crippen molar-refractivity contribution in [3.8, 4) is 11.1 Å². The second kappa shape index (κ2) is 4.31. The minimum Gasteiger partial charge on any atom is -0.352 e. The molecule has 0 radical (unpaired) electrons. The molecule has 0 bridgehead atoms. The molecule has 2 aromatic rings. The van der Waals surface area contributed by atoms with Crippen LogP contribution in [-0.4, -0.2) is 4.57 Å². The van der Waals surface area contributed by atoms with E-state index in [2.05, 4.69) is 65.3 Å². The Hall–Kier alpha value is -1.50. The molecule has 1 heteroatoms. The highest BCUT2D eigenvalue weighted by molar-refractivity contribution is 5.73. The molecule has 2 rings (SSSR count). The average molecular weight is 241 g/mol. The zero-order valence-corrected chi connectivity index (χ0v) is 12.6. The SMILES string of the molecule is Cc1cc(-c2cc(C)n(C)c2C)c(C)c(C)c1C. The van der Waals surface area contributed by atoms with Gasteiger partial charge < -0.3 is 4.57 Å². The molecule has 1 heterocycles. The second-order valence-electron chi connectivity index (χ2n) is 5.46. The molecule has 0 aliphatic heterocycles. The number of aromatic nitrogens is 1. The van der Waals surface area contributed by atoms with Crippen molar-refractivity contribution in [2.75, 3.05) is 0 Å². The molecule has 0 atom stereocenters. The highest BCUT2D eigenvalue weighted by Gasteiger charge is 2.13. The number of hydrogen-bond acceptors (Lipinski definition) is 0. The molecule has 18 heavy (non-hydrogen) atoms. The number of benzene rings is 1. The molecule has 0 N–H and O–H groups in total. The van der Waals surface area contributed by atoms with Gasteiger partial charge in [0.25, 0.3) is 0 Å². The van der Waals surface area contributed by atoms with Gasteiger partial charge in [0.15, 0.2) is 0 Å². The van der Waals surface area contributed by atoms with Crippen molar-refractivity contribution < 1.29 is 0 Å². The highest BCUT2D eigenvalue weighted by Crippen LogP contribution is 2.33. The summed E-state index contributed by atoms with van der Waals surface area (Å²) in [5, 5.41) is 0. The van der Waals surface area contributed by atoms with Crippen LogP contribution in [0.25, 0.3) is 11.1 Å². The van der Waals surface area contributed by atoms with Crippen LogP contribution in [0.15, 0.2) is 12.1 Å². The van der Waals surface area contributed by atoms with E-state index in [4.69, 9.17) is 0 Å². The zero-order valence-electron chi connectivity index (χ0n) is 12.6. The van der Waals surface area contributed by atoms with E-state index < -0.39 is 0 Å². The Morgan fingerprint density at radius 2 is 1.33 bits per heavy atom. The fraction of sp³-hybridized carbons (Fsp3) is 0.412. The van der Waals surface area contributed by atoms with Crippen LogP contribution in [0.4, 0.5) is 0 Å². The van der Waals surface area contributed by atoms with E-state index in [1.54, 1.807) is 0 Å². The summed E-state index contributed by atoms with van der Waals surface area (Å²) in [6.45, 7) is 13.2. The van der Waals surface area contributed by atoms with Crippen molar-refractivity contribution in [3.05, 3.63) is 45.8 Å². The average Bonchev–Trinajstić information content (AvgIpc) is 2.59. The topological polar surface area (TPSA) is 4.93 Å². The van der Waals surface area contributed by atoms with E-state index in [1.165, 1.54) is 44.8 Å². The van der Waals surface area contributed by atoms with Gasteiger partial charge in [0.2, 0.25) is 0 Å². The first kappa shape index (κ1) is 12.9. The Balaban J connectivity index is 2.76. The first-order valence-electron chi connectivity index (χ1n) is 6.55. The predicted molar refractivity (Wildman–Crippen MR) is 79.3 cm³/mol. The molecule has 0 amide bonds. The van der Waals surface area contributed by atoms with Crippen LogP contribution in [-0.2, 0) is 7.05 Å². The number of aryl methyl sites for hydroxylation is 2. The molecule has 96 valence electrons. The summed E-state index contributed by atoms with van der Waals surface area (Å²) in [4.78, 5) is 0. The summed E-state index contributed by atoms with van der Waals surface area (Å²) in [5.41, 5.74) is 11.1. The molecule has 0 aliphatic carbocycles. The number of rotatable bonds is 1. The molecule has 0 unspecified atom stereocenters. The Kier molecular flexibility index (Phi) is 3.10. The molecule has 0 spiro atoms. The summed E-state index contributed by atoms with van der Waals surface area (Å²) >= 11 is 0. The number of nitrogens with zero attached hydrogens (tertiary/aromatic N) is 1. The molecular formula is C17H23N. The van der Waals surface area contributed by atoms with E-state index in [0.29, 0.717) is 0 Å². The van der Waals surface area contributed by atoms with Crippen LogP contribution in [0.3, 0.4) is 0 Å². The lowest BCUT2D eigenvalue weighted by Gasteiger charge is -2.14. The van der Waals surface area contributed by atoms with Gasteiger partial charge in [0.05, 0.1) is 0 Å². The van der Waals surface area contributed by atoms with Crippen molar-refractivity contribution in [2.24, 2.45) is 7.05 Å². The maximum atomic E-state index is 2.33. The molecular weight excluding hydrogens is 218 g/mol. The Bertz CT molecular complexity index is 615. The molecule has 1 nitrogen and oxygen atoms in total. The third kappa shape index (κ3) is 1.78. The van der Waals surface area contributed by atoms with Gasteiger partial charge in [-0.05, 0) is 75.4 Å². The quantitative estimate of drug-likeness (QED) is 0.690. The van der Waals surface area contributed by atoms with Crippen LogP contribution < -0.4 is 0 Å². The highest BCUT2D eigenvalue weighted by atomic mass is 14.9. The third-order valence-corrected chi connectivity index (χ3v) is 4.55. The predicted octanol–water partition coefficient (Wildman–Crippen LogP) is 4.54. The minimum atomic E-state index is 1.32. The summed E-state index contributed by atoms with van der Waals surface area (Å²) in [6.07, 6.45) is 0. The molecule has 0 saturated heterocycles. The Labute approximate surface area is 110 Å². The van der Waals surface area contributed by atoms with Gasteiger partial charge in [-0.2, -0.15) is 0 Å². The largest absolute Gasteiger partial charge is 0.352 e. The zero-order chi connectivity index (χ0) is 13.6. The maximum absolute atomic E-state index is 2.33. The first-order chi connectivity index (χ1) is 8.34. The van der Waals surface area contributed by atoms with Gasteiger partial charge in [-0.3, -0.25) is 0 Å². The minimum absolute atomic E-state index is 1.32. The lowest BCUT2D eigenvalue weighted by Crippen LogP contribution is -1.96. The maximum Gasteiger partial charge on any atom is 0.0221 e. The van der Waals surface area contributed by atoms with Crippen molar-refractivity contribution in [1.29, 1.82) is 0 Å². The second-order valence-corrected chi connectivity index (χ2v) is 5.46. The van der Waals surface area contributed by atoms with Crippen LogP contribution in [0.1, 0.15) is 33.6 Å². The van der Waals surface area contributed by atoms with Crippen LogP contribution in [0.5, 0.6) is 0 Å². The van der Waals surface area contributed by atoms with E-state index in [-0.39, 0.29) is 0 Å². The van der Waals surface area contributed by atoms with Crippen molar-refractivity contribution in [1.82, 2.24) is 4.57 Å². The molecule has 0 aliphatic rings.